The molecule has 1 fully saturated rings. The number of hydrogen-bond acceptors (Lipinski definition) is 8. The molecule has 4 aromatic rings. The Kier molecular flexibility index (Phi) is 6.33. The molecular weight excluding hydrogens is 476 g/mol. The molecule has 2 aliphatic heterocycles. The number of benzene rings is 2. The minimum atomic E-state index is 0.173. The molecule has 1 atom stereocenters. The van der Waals surface area contributed by atoms with Crippen LogP contribution in [0.1, 0.15) is 43.5 Å². The van der Waals surface area contributed by atoms with E-state index >= 15 is 0 Å². The summed E-state index contributed by atoms with van der Waals surface area (Å²) >= 11 is 0. The van der Waals surface area contributed by atoms with Gasteiger partial charge in [-0.2, -0.15) is 5.10 Å². The third-order valence-electron chi connectivity index (χ3n) is 7.60. The number of rotatable bonds is 5. The first kappa shape index (κ1) is 24.5. The van der Waals surface area contributed by atoms with E-state index in [1.807, 2.05) is 29.9 Å². The maximum absolute atomic E-state index is 8.31. The maximum atomic E-state index is 8.31. The number of ether oxygens (including phenoxy) is 1. The Balaban J connectivity index is 1.26. The topological polar surface area (TPSA) is 95.2 Å². The van der Waals surface area contributed by atoms with Crippen molar-refractivity contribution in [3.05, 3.63) is 59.9 Å². The fraction of sp³-hybridized carbons (Fsp3) is 0.379. The third kappa shape index (κ3) is 4.63. The molecule has 196 valence electrons. The van der Waals surface area contributed by atoms with Crippen molar-refractivity contribution in [3.63, 3.8) is 0 Å². The number of piperazine rings is 1. The molecule has 2 N–H and O–H groups in total. The average molecular weight is 511 g/mol. The third-order valence-corrected chi connectivity index (χ3v) is 7.60. The molecule has 38 heavy (non-hydrogen) atoms. The Hall–Kier alpha value is -3.82. The van der Waals surface area contributed by atoms with E-state index in [9.17, 15) is 0 Å². The summed E-state index contributed by atoms with van der Waals surface area (Å²) in [4.78, 5) is 14.1. The number of anilines is 2. The second kappa shape index (κ2) is 9.81. The summed E-state index contributed by atoms with van der Waals surface area (Å²) < 4.78 is 7.85. The van der Waals surface area contributed by atoms with E-state index < -0.39 is 0 Å². The lowest BCUT2D eigenvalue weighted by Gasteiger charge is -2.40. The normalized spacial score (nSPS) is 18.6. The molecule has 0 spiro atoms. The number of aromatic nitrogens is 4. The fourth-order valence-electron chi connectivity index (χ4n) is 5.67. The molecule has 9 heteroatoms. The molecule has 0 aliphatic carbocycles. The van der Waals surface area contributed by atoms with Crippen molar-refractivity contribution in [1.29, 1.82) is 5.41 Å². The van der Waals surface area contributed by atoms with Gasteiger partial charge in [-0.3, -0.25) is 15.0 Å². The van der Waals surface area contributed by atoms with Crippen LogP contribution in [0.4, 0.5) is 11.6 Å². The number of hydrogen-bond donors (Lipinski definition) is 2. The summed E-state index contributed by atoms with van der Waals surface area (Å²) in [6, 6.07) is 14.5. The number of aryl methyl sites for hydroxylation is 1. The summed E-state index contributed by atoms with van der Waals surface area (Å²) in [6.07, 6.45) is 2.38. The van der Waals surface area contributed by atoms with Gasteiger partial charge in [0.2, 0.25) is 5.95 Å². The van der Waals surface area contributed by atoms with E-state index in [0.29, 0.717) is 24.2 Å². The summed E-state index contributed by atoms with van der Waals surface area (Å²) in [5.74, 6) is 1.92. The molecule has 1 saturated heterocycles. The minimum absolute atomic E-state index is 0.173. The molecule has 2 aromatic carbocycles. The van der Waals surface area contributed by atoms with E-state index in [4.69, 9.17) is 15.1 Å². The summed E-state index contributed by atoms with van der Waals surface area (Å²) in [6.45, 7) is 8.45. The molecule has 0 saturated carbocycles. The lowest BCUT2D eigenvalue weighted by molar-refractivity contribution is 0.108. The molecule has 2 aromatic heterocycles. The van der Waals surface area contributed by atoms with Gasteiger partial charge < -0.3 is 15.0 Å². The second-order valence-electron chi connectivity index (χ2n) is 10.6. The predicted molar refractivity (Wildman–Crippen MR) is 150 cm³/mol. The molecule has 4 heterocycles. The van der Waals surface area contributed by atoms with Gasteiger partial charge in [0.25, 0.3) is 0 Å². The number of fused-ring (bicyclic) bond motifs is 2. The van der Waals surface area contributed by atoms with Crippen LogP contribution in [-0.2, 0) is 7.05 Å². The molecule has 6 rings (SSSR count). The zero-order valence-electron chi connectivity index (χ0n) is 22.4. The van der Waals surface area contributed by atoms with Crippen LogP contribution in [0.15, 0.2) is 48.7 Å². The standard InChI is InChI=1S/C29H34N8O/c1-18(2)28-22-15-19(5-8-24(22)34-36(28)4)23-9-10-31-29(33-23)32-20-6-7-21-25(17-27(30)38-26(21)16-20)37-13-11-35(3)12-14-37/h5-10,15-16,18,25,30H,11-14,17H2,1-4H3,(H,31,32,33). The van der Waals surface area contributed by atoms with Gasteiger partial charge in [0.1, 0.15) is 5.75 Å². The van der Waals surface area contributed by atoms with E-state index in [0.717, 1.165) is 65.3 Å². The average Bonchev–Trinajstić information content (AvgIpc) is 3.24. The zero-order chi connectivity index (χ0) is 26.4. The van der Waals surface area contributed by atoms with Gasteiger partial charge in [0, 0.05) is 85.8 Å². The smallest absolute Gasteiger partial charge is 0.227 e. The van der Waals surface area contributed by atoms with E-state index in [1.165, 1.54) is 5.69 Å². The molecule has 1 unspecified atom stereocenters. The Morgan fingerprint density at radius 2 is 1.84 bits per heavy atom. The van der Waals surface area contributed by atoms with Gasteiger partial charge >= 0.3 is 0 Å². The Morgan fingerprint density at radius 1 is 1.03 bits per heavy atom. The van der Waals surface area contributed by atoms with Crippen molar-refractivity contribution < 1.29 is 4.74 Å². The molecule has 2 aliphatic rings. The summed E-state index contributed by atoms with van der Waals surface area (Å²) in [7, 11) is 4.16. The highest BCUT2D eigenvalue weighted by Crippen LogP contribution is 2.39. The SMILES string of the molecule is CC(C)c1c2cc(-c3ccnc(Nc4ccc5c(c4)OC(=N)CC5N4CCN(C)CC4)n3)ccc2nn1C. The van der Waals surface area contributed by atoms with Crippen LogP contribution in [-0.4, -0.2) is 68.7 Å². The van der Waals surface area contributed by atoms with E-state index in [-0.39, 0.29) is 6.04 Å². The predicted octanol–water partition coefficient (Wildman–Crippen LogP) is 4.95. The lowest BCUT2D eigenvalue weighted by atomic mass is 9.97. The fourth-order valence-corrected chi connectivity index (χ4v) is 5.67. The van der Waals surface area contributed by atoms with Crippen LogP contribution in [0.3, 0.4) is 0 Å². The molecule has 0 radical (unpaired) electrons. The monoisotopic (exact) mass is 510 g/mol. The van der Waals surface area contributed by atoms with Crippen LogP contribution in [0.2, 0.25) is 0 Å². The van der Waals surface area contributed by atoms with E-state index in [1.54, 1.807) is 6.20 Å². The van der Waals surface area contributed by atoms with Crippen LogP contribution in [0.5, 0.6) is 5.75 Å². The Morgan fingerprint density at radius 3 is 2.63 bits per heavy atom. The van der Waals surface area contributed by atoms with Crippen LogP contribution in [0, 0.1) is 5.41 Å². The second-order valence-corrected chi connectivity index (χ2v) is 10.6. The molecule has 0 amide bonds. The first-order valence-electron chi connectivity index (χ1n) is 13.2. The largest absolute Gasteiger partial charge is 0.443 e. The zero-order valence-corrected chi connectivity index (χ0v) is 22.4. The van der Waals surface area contributed by atoms with Crippen molar-refractivity contribution in [1.82, 2.24) is 29.5 Å². The highest BCUT2D eigenvalue weighted by atomic mass is 16.5. The van der Waals surface area contributed by atoms with Gasteiger partial charge in [-0.25, -0.2) is 9.97 Å². The van der Waals surface area contributed by atoms with Gasteiger partial charge in [-0.15, -0.1) is 0 Å². The molecular formula is C29H34N8O. The lowest BCUT2D eigenvalue weighted by Crippen LogP contribution is -2.47. The first-order valence-corrected chi connectivity index (χ1v) is 13.2. The number of nitrogens with one attached hydrogen (secondary N) is 2. The van der Waals surface area contributed by atoms with Crippen LogP contribution in [0.25, 0.3) is 22.2 Å². The first-order chi connectivity index (χ1) is 18.4. The van der Waals surface area contributed by atoms with Gasteiger partial charge in [0.15, 0.2) is 5.90 Å². The van der Waals surface area contributed by atoms with Crippen molar-refractivity contribution in [2.45, 2.75) is 32.2 Å². The quantitative estimate of drug-likeness (QED) is 0.392. The van der Waals surface area contributed by atoms with Gasteiger partial charge in [-0.05, 0) is 37.2 Å². The summed E-state index contributed by atoms with van der Waals surface area (Å²) in [5, 5.41) is 17.5. The maximum Gasteiger partial charge on any atom is 0.227 e. The van der Waals surface area contributed by atoms with Gasteiger partial charge in [-0.1, -0.05) is 26.0 Å². The Labute approximate surface area is 223 Å². The number of nitrogens with zero attached hydrogens (tertiary/aromatic N) is 6. The van der Waals surface area contributed by atoms with Crippen molar-refractivity contribution in [2.75, 3.05) is 38.5 Å². The summed E-state index contributed by atoms with van der Waals surface area (Å²) in [5.41, 5.74) is 6.03. The molecule has 0 bridgehead atoms. The minimum Gasteiger partial charge on any atom is -0.443 e. The highest BCUT2D eigenvalue weighted by molar-refractivity contribution is 5.87. The Bertz CT molecular complexity index is 1500. The van der Waals surface area contributed by atoms with Crippen LogP contribution < -0.4 is 10.1 Å². The van der Waals surface area contributed by atoms with Gasteiger partial charge in [0.05, 0.1) is 11.2 Å². The van der Waals surface area contributed by atoms with Crippen molar-refractivity contribution in [2.24, 2.45) is 7.05 Å². The van der Waals surface area contributed by atoms with E-state index in [2.05, 4.69) is 70.4 Å². The number of likely N-dealkylation sites (N-methyl/N-ethyl adjacent to an activating group) is 1. The van der Waals surface area contributed by atoms with Crippen LogP contribution >= 0.6 is 0 Å². The van der Waals surface area contributed by atoms with Crippen molar-refractivity contribution in [3.8, 4) is 17.0 Å². The highest BCUT2D eigenvalue weighted by Gasteiger charge is 2.31. The molecule has 9 nitrogen and oxygen atoms in total. The van der Waals surface area contributed by atoms with Crippen molar-refractivity contribution >= 4 is 28.4 Å².